The molecule has 0 bridgehead atoms. The summed E-state index contributed by atoms with van der Waals surface area (Å²) in [6.07, 6.45) is 1.57. The largest absolute Gasteiger partial charge is 0.493 e. The molecule has 1 N–H and O–H groups in total. The second-order valence-corrected chi connectivity index (χ2v) is 4.53. The molecule has 3 amide bonds. The van der Waals surface area contributed by atoms with Gasteiger partial charge in [0, 0.05) is 18.7 Å². The number of ether oxygens (including phenoxy) is 3. The van der Waals surface area contributed by atoms with Crippen LogP contribution in [0.15, 0.2) is 17.8 Å². The van der Waals surface area contributed by atoms with E-state index in [2.05, 4.69) is 5.32 Å². The summed E-state index contributed by atoms with van der Waals surface area (Å²) in [5.74, 6) is 1.35. The smallest absolute Gasteiger partial charge is 0.328 e. The van der Waals surface area contributed by atoms with Gasteiger partial charge in [0.2, 0.25) is 6.79 Å². The maximum Gasteiger partial charge on any atom is 0.328 e. The highest BCUT2D eigenvalue weighted by atomic mass is 16.7. The number of fused-ring (bicyclic) bond motifs is 1. The highest BCUT2D eigenvalue weighted by molar-refractivity contribution is 6.13. The topological polar surface area (TPSA) is 77.1 Å². The van der Waals surface area contributed by atoms with Crippen molar-refractivity contribution in [3.63, 3.8) is 0 Å². The maximum absolute atomic E-state index is 11.9. The number of hydrogen-bond donors (Lipinski definition) is 1. The number of carbonyl (C=O) groups excluding carboxylic acids is 2. The minimum absolute atomic E-state index is 0.152. The lowest BCUT2D eigenvalue weighted by Crippen LogP contribution is -2.25. The van der Waals surface area contributed by atoms with Crippen molar-refractivity contribution in [1.29, 1.82) is 0 Å². The zero-order chi connectivity index (χ0) is 15.0. The highest BCUT2D eigenvalue weighted by Gasteiger charge is 2.30. The predicted molar refractivity (Wildman–Crippen MR) is 73.0 cm³/mol. The molecule has 0 unspecified atom stereocenters. The fraction of sp³-hybridized carbons (Fsp3) is 0.286. The average molecular weight is 290 g/mol. The molecule has 1 aromatic carbocycles. The maximum atomic E-state index is 11.9. The van der Waals surface area contributed by atoms with Crippen molar-refractivity contribution in [2.45, 2.75) is 6.92 Å². The summed E-state index contributed by atoms with van der Waals surface area (Å²) in [6, 6.07) is 2.98. The zero-order valence-corrected chi connectivity index (χ0v) is 11.6. The van der Waals surface area contributed by atoms with E-state index in [1.807, 2.05) is 6.92 Å². The zero-order valence-electron chi connectivity index (χ0n) is 11.6. The van der Waals surface area contributed by atoms with Crippen LogP contribution in [-0.2, 0) is 4.79 Å². The molecule has 0 atom stereocenters. The van der Waals surface area contributed by atoms with Gasteiger partial charge in [-0.15, -0.1) is 0 Å². The first kappa shape index (κ1) is 13.3. The summed E-state index contributed by atoms with van der Waals surface area (Å²) in [7, 11) is 1.42. The molecule has 110 valence electrons. The summed E-state index contributed by atoms with van der Waals surface area (Å²) in [6.45, 7) is 2.48. The SMILES string of the molecule is CCOc1cc2c(cc1/C=C1/NC(=O)N(C)C1=O)OCO2. The Morgan fingerprint density at radius 3 is 2.67 bits per heavy atom. The van der Waals surface area contributed by atoms with Gasteiger partial charge in [0.25, 0.3) is 5.91 Å². The molecule has 0 aliphatic carbocycles. The Morgan fingerprint density at radius 1 is 1.33 bits per heavy atom. The number of carbonyl (C=O) groups is 2. The van der Waals surface area contributed by atoms with E-state index in [9.17, 15) is 9.59 Å². The molecule has 7 nitrogen and oxygen atoms in total. The summed E-state index contributed by atoms with van der Waals surface area (Å²) < 4.78 is 16.2. The van der Waals surface area contributed by atoms with Gasteiger partial charge in [0.05, 0.1) is 6.61 Å². The van der Waals surface area contributed by atoms with E-state index in [-0.39, 0.29) is 18.4 Å². The Balaban J connectivity index is 2.02. The third-order valence-electron chi connectivity index (χ3n) is 3.19. The fourth-order valence-corrected chi connectivity index (χ4v) is 2.11. The molecule has 1 saturated heterocycles. The molecule has 0 saturated carbocycles. The Hall–Kier alpha value is -2.70. The first-order valence-corrected chi connectivity index (χ1v) is 6.47. The molecule has 21 heavy (non-hydrogen) atoms. The molecule has 0 aromatic heterocycles. The van der Waals surface area contributed by atoms with Gasteiger partial charge in [-0.25, -0.2) is 4.79 Å². The number of nitrogens with one attached hydrogen (secondary N) is 1. The van der Waals surface area contributed by atoms with Gasteiger partial charge in [-0.3, -0.25) is 9.69 Å². The molecule has 3 rings (SSSR count). The van der Waals surface area contributed by atoms with Crippen LogP contribution in [0.1, 0.15) is 12.5 Å². The molecular weight excluding hydrogens is 276 g/mol. The van der Waals surface area contributed by atoms with Gasteiger partial charge < -0.3 is 19.5 Å². The lowest BCUT2D eigenvalue weighted by atomic mass is 10.1. The van der Waals surface area contributed by atoms with Gasteiger partial charge in [-0.2, -0.15) is 0 Å². The van der Waals surface area contributed by atoms with Crippen LogP contribution in [0.3, 0.4) is 0 Å². The van der Waals surface area contributed by atoms with Crippen molar-refractivity contribution in [2.24, 2.45) is 0 Å². The standard InChI is InChI=1S/C14H14N2O5/c1-3-19-10-6-12-11(20-7-21-12)5-8(10)4-9-13(17)16(2)14(18)15-9/h4-6H,3,7H2,1-2H3,(H,15,18)/b9-4+. The third kappa shape index (κ3) is 2.26. The summed E-state index contributed by atoms with van der Waals surface area (Å²) >= 11 is 0. The molecule has 2 heterocycles. The normalized spacial score (nSPS) is 18.4. The molecule has 1 aromatic rings. The van der Waals surface area contributed by atoms with E-state index in [4.69, 9.17) is 14.2 Å². The summed E-state index contributed by atoms with van der Waals surface area (Å²) in [5, 5.41) is 2.51. The number of benzene rings is 1. The van der Waals surface area contributed by atoms with E-state index in [0.717, 1.165) is 4.90 Å². The van der Waals surface area contributed by atoms with Crippen LogP contribution in [0.4, 0.5) is 4.79 Å². The number of hydrogen-bond acceptors (Lipinski definition) is 5. The van der Waals surface area contributed by atoms with Crippen molar-refractivity contribution in [1.82, 2.24) is 10.2 Å². The quantitative estimate of drug-likeness (QED) is 0.671. The number of imide groups is 1. The van der Waals surface area contributed by atoms with Crippen LogP contribution < -0.4 is 19.5 Å². The number of likely N-dealkylation sites (N-methyl/N-ethyl adjacent to an activating group) is 1. The van der Waals surface area contributed by atoms with Crippen molar-refractivity contribution >= 4 is 18.0 Å². The van der Waals surface area contributed by atoms with Gasteiger partial charge >= 0.3 is 6.03 Å². The minimum atomic E-state index is -0.454. The molecule has 2 aliphatic heterocycles. The van der Waals surface area contributed by atoms with E-state index >= 15 is 0 Å². The van der Waals surface area contributed by atoms with Crippen LogP contribution in [-0.4, -0.2) is 37.3 Å². The number of urea groups is 1. The molecule has 0 radical (unpaired) electrons. The predicted octanol–water partition coefficient (Wildman–Crippen LogP) is 1.34. The lowest BCUT2D eigenvalue weighted by molar-refractivity contribution is -0.121. The Kier molecular flexibility index (Phi) is 3.17. The van der Waals surface area contributed by atoms with Crippen LogP contribution in [0.25, 0.3) is 6.08 Å². The van der Waals surface area contributed by atoms with E-state index in [1.165, 1.54) is 7.05 Å². The van der Waals surface area contributed by atoms with Gasteiger partial charge in [-0.1, -0.05) is 0 Å². The lowest BCUT2D eigenvalue weighted by Gasteiger charge is -2.09. The second-order valence-electron chi connectivity index (χ2n) is 4.53. The van der Waals surface area contributed by atoms with Crippen molar-refractivity contribution in [2.75, 3.05) is 20.4 Å². The van der Waals surface area contributed by atoms with Crippen LogP contribution >= 0.6 is 0 Å². The first-order chi connectivity index (χ1) is 10.1. The number of rotatable bonds is 3. The average Bonchev–Trinajstić information content (AvgIpc) is 3.00. The van der Waals surface area contributed by atoms with Crippen molar-refractivity contribution in [3.8, 4) is 17.2 Å². The molecule has 7 heteroatoms. The van der Waals surface area contributed by atoms with Crippen LogP contribution in [0.5, 0.6) is 17.2 Å². The fourth-order valence-electron chi connectivity index (χ4n) is 2.11. The molecule has 0 spiro atoms. The molecule has 2 aliphatic rings. The Bertz CT molecular complexity index is 653. The van der Waals surface area contributed by atoms with Crippen LogP contribution in [0.2, 0.25) is 0 Å². The van der Waals surface area contributed by atoms with Crippen molar-refractivity contribution < 1.29 is 23.8 Å². The van der Waals surface area contributed by atoms with Gasteiger partial charge in [0.15, 0.2) is 11.5 Å². The Morgan fingerprint density at radius 2 is 2.05 bits per heavy atom. The van der Waals surface area contributed by atoms with Gasteiger partial charge in [0.1, 0.15) is 11.4 Å². The molecule has 1 fully saturated rings. The Labute approximate surface area is 121 Å². The number of amides is 3. The number of nitrogens with zero attached hydrogens (tertiary/aromatic N) is 1. The highest BCUT2D eigenvalue weighted by Crippen LogP contribution is 2.39. The monoisotopic (exact) mass is 290 g/mol. The van der Waals surface area contributed by atoms with Crippen molar-refractivity contribution in [3.05, 3.63) is 23.4 Å². The summed E-state index contributed by atoms with van der Waals surface area (Å²) in [5.41, 5.74) is 0.836. The first-order valence-electron chi connectivity index (χ1n) is 6.47. The third-order valence-corrected chi connectivity index (χ3v) is 3.19. The van der Waals surface area contributed by atoms with E-state index in [0.29, 0.717) is 29.4 Å². The summed E-state index contributed by atoms with van der Waals surface area (Å²) in [4.78, 5) is 24.4. The van der Waals surface area contributed by atoms with Crippen LogP contribution in [0, 0.1) is 0 Å². The second kappa shape index (κ2) is 5.01. The minimum Gasteiger partial charge on any atom is -0.493 e. The molecular formula is C14H14N2O5. The van der Waals surface area contributed by atoms with E-state index in [1.54, 1.807) is 18.2 Å². The van der Waals surface area contributed by atoms with E-state index < -0.39 is 6.03 Å². The van der Waals surface area contributed by atoms with Gasteiger partial charge in [-0.05, 0) is 19.1 Å².